The zero-order valence-electron chi connectivity index (χ0n) is 17.0. The summed E-state index contributed by atoms with van der Waals surface area (Å²) in [7, 11) is 2.12. The standard InChI is InChI=1S/C24H25FN4O/c1-29-11-10-22(19(16-29)12-17-6-3-2-4-7-17)28-24(30)20-14-26-23(27-15-20)18-8-5-9-21(25)13-18/h2-9,13-15,19,22H,10-12,16H2,1H3,(H,28,30)/t19-,22+/m0/s1. The van der Waals surface area contributed by atoms with Crippen molar-refractivity contribution in [3.63, 3.8) is 0 Å². The average Bonchev–Trinajstić information content (AvgIpc) is 2.76. The highest BCUT2D eigenvalue weighted by molar-refractivity contribution is 5.94. The molecule has 1 N–H and O–H groups in total. The molecule has 1 aromatic heterocycles. The Morgan fingerprint density at radius 2 is 1.90 bits per heavy atom. The van der Waals surface area contributed by atoms with E-state index >= 15 is 0 Å². The van der Waals surface area contributed by atoms with Gasteiger partial charge in [0.15, 0.2) is 5.82 Å². The minimum absolute atomic E-state index is 0.0943. The molecule has 3 aromatic rings. The molecular formula is C24H25FN4O. The highest BCUT2D eigenvalue weighted by Gasteiger charge is 2.29. The quantitative estimate of drug-likeness (QED) is 0.706. The van der Waals surface area contributed by atoms with Gasteiger partial charge in [-0.15, -0.1) is 0 Å². The third kappa shape index (κ3) is 4.89. The minimum atomic E-state index is -0.343. The Kier molecular flexibility index (Phi) is 6.14. The number of halogens is 1. The second kappa shape index (κ2) is 9.13. The van der Waals surface area contributed by atoms with Crippen LogP contribution in [0.4, 0.5) is 4.39 Å². The molecule has 5 nitrogen and oxygen atoms in total. The lowest BCUT2D eigenvalue weighted by Crippen LogP contribution is -2.50. The monoisotopic (exact) mass is 404 g/mol. The number of aromatic nitrogens is 2. The first-order valence-corrected chi connectivity index (χ1v) is 10.2. The Morgan fingerprint density at radius 3 is 2.63 bits per heavy atom. The van der Waals surface area contributed by atoms with Gasteiger partial charge < -0.3 is 10.2 Å². The van der Waals surface area contributed by atoms with E-state index < -0.39 is 0 Å². The van der Waals surface area contributed by atoms with Gasteiger partial charge in [0, 0.05) is 30.5 Å². The molecule has 0 aliphatic carbocycles. The van der Waals surface area contributed by atoms with Gasteiger partial charge in [-0.3, -0.25) is 4.79 Å². The van der Waals surface area contributed by atoms with Crippen molar-refractivity contribution in [2.75, 3.05) is 20.1 Å². The Bertz CT molecular complexity index is 994. The molecule has 0 saturated carbocycles. The second-order valence-corrected chi connectivity index (χ2v) is 7.89. The predicted molar refractivity (Wildman–Crippen MR) is 114 cm³/mol. The Hall–Kier alpha value is -3.12. The summed E-state index contributed by atoms with van der Waals surface area (Å²) < 4.78 is 13.4. The number of benzene rings is 2. The minimum Gasteiger partial charge on any atom is -0.349 e. The average molecular weight is 404 g/mol. The van der Waals surface area contributed by atoms with E-state index in [-0.39, 0.29) is 17.8 Å². The largest absolute Gasteiger partial charge is 0.349 e. The van der Waals surface area contributed by atoms with Crippen LogP contribution in [0.5, 0.6) is 0 Å². The summed E-state index contributed by atoms with van der Waals surface area (Å²) >= 11 is 0. The number of carbonyl (C=O) groups is 1. The molecule has 6 heteroatoms. The van der Waals surface area contributed by atoms with E-state index in [0.717, 1.165) is 25.9 Å². The van der Waals surface area contributed by atoms with E-state index in [1.54, 1.807) is 12.1 Å². The lowest BCUT2D eigenvalue weighted by atomic mass is 9.86. The van der Waals surface area contributed by atoms with Crippen LogP contribution in [0.2, 0.25) is 0 Å². The molecule has 1 saturated heterocycles. The Balaban J connectivity index is 1.45. The first-order valence-electron chi connectivity index (χ1n) is 10.2. The van der Waals surface area contributed by atoms with Crippen molar-refractivity contribution in [3.05, 3.63) is 83.9 Å². The molecule has 2 aromatic carbocycles. The van der Waals surface area contributed by atoms with Gasteiger partial charge in [-0.05, 0) is 50.0 Å². The number of rotatable bonds is 5. The van der Waals surface area contributed by atoms with E-state index in [0.29, 0.717) is 22.9 Å². The normalized spacial score (nSPS) is 19.4. The van der Waals surface area contributed by atoms with Crippen LogP contribution in [0.3, 0.4) is 0 Å². The highest BCUT2D eigenvalue weighted by atomic mass is 19.1. The summed E-state index contributed by atoms with van der Waals surface area (Å²) in [6.07, 6.45) is 4.83. The van der Waals surface area contributed by atoms with Crippen LogP contribution in [-0.4, -0.2) is 47.0 Å². The van der Waals surface area contributed by atoms with Crippen LogP contribution in [0.25, 0.3) is 11.4 Å². The molecule has 1 aliphatic rings. The lowest BCUT2D eigenvalue weighted by molar-refractivity contribution is 0.0873. The lowest BCUT2D eigenvalue weighted by Gasteiger charge is -2.37. The summed E-state index contributed by atoms with van der Waals surface area (Å²) in [4.78, 5) is 23.7. The fourth-order valence-electron chi connectivity index (χ4n) is 4.00. The smallest absolute Gasteiger partial charge is 0.254 e. The maximum absolute atomic E-state index is 13.4. The number of piperidine rings is 1. The summed E-state index contributed by atoms with van der Waals surface area (Å²) in [6.45, 7) is 1.89. The van der Waals surface area contributed by atoms with Gasteiger partial charge in [0.1, 0.15) is 5.82 Å². The molecule has 1 aliphatic heterocycles. The van der Waals surface area contributed by atoms with Crippen molar-refractivity contribution in [3.8, 4) is 11.4 Å². The molecule has 0 radical (unpaired) electrons. The van der Waals surface area contributed by atoms with Crippen molar-refractivity contribution in [1.29, 1.82) is 0 Å². The summed E-state index contributed by atoms with van der Waals surface area (Å²) in [5, 5.41) is 3.19. The van der Waals surface area contributed by atoms with Gasteiger partial charge in [-0.25, -0.2) is 14.4 Å². The number of nitrogens with zero attached hydrogens (tertiary/aromatic N) is 3. The SMILES string of the molecule is CN1CC[C@@H](NC(=O)c2cnc(-c3cccc(F)c3)nc2)[C@@H](Cc2ccccc2)C1. The number of hydrogen-bond acceptors (Lipinski definition) is 4. The van der Waals surface area contributed by atoms with Crippen LogP contribution >= 0.6 is 0 Å². The maximum Gasteiger partial charge on any atom is 0.254 e. The molecule has 0 unspecified atom stereocenters. The molecule has 2 heterocycles. The zero-order valence-corrected chi connectivity index (χ0v) is 17.0. The number of carbonyl (C=O) groups excluding carboxylic acids is 1. The summed E-state index contributed by atoms with van der Waals surface area (Å²) in [5.41, 5.74) is 2.27. The van der Waals surface area contributed by atoms with Crippen LogP contribution < -0.4 is 5.32 Å². The van der Waals surface area contributed by atoms with Crippen LogP contribution in [0, 0.1) is 11.7 Å². The first-order chi connectivity index (χ1) is 14.6. The van der Waals surface area contributed by atoms with Crippen molar-refractivity contribution in [1.82, 2.24) is 20.2 Å². The highest BCUT2D eigenvalue weighted by Crippen LogP contribution is 2.21. The molecule has 0 bridgehead atoms. The van der Waals surface area contributed by atoms with E-state index in [4.69, 9.17) is 0 Å². The van der Waals surface area contributed by atoms with Gasteiger partial charge in [0.2, 0.25) is 0 Å². The third-order valence-corrected chi connectivity index (χ3v) is 5.59. The van der Waals surface area contributed by atoms with Gasteiger partial charge in [-0.1, -0.05) is 42.5 Å². The van der Waals surface area contributed by atoms with E-state index in [9.17, 15) is 9.18 Å². The van der Waals surface area contributed by atoms with Gasteiger partial charge >= 0.3 is 0 Å². The zero-order chi connectivity index (χ0) is 20.9. The molecule has 0 spiro atoms. The third-order valence-electron chi connectivity index (χ3n) is 5.59. The van der Waals surface area contributed by atoms with Crippen molar-refractivity contribution in [2.24, 2.45) is 5.92 Å². The number of likely N-dealkylation sites (tertiary alicyclic amines) is 1. The fraction of sp³-hybridized carbons (Fsp3) is 0.292. The number of amides is 1. The van der Waals surface area contributed by atoms with E-state index in [1.165, 1.54) is 30.1 Å². The van der Waals surface area contributed by atoms with Crippen molar-refractivity contribution in [2.45, 2.75) is 18.9 Å². The van der Waals surface area contributed by atoms with Crippen molar-refractivity contribution >= 4 is 5.91 Å². The van der Waals surface area contributed by atoms with Crippen LogP contribution in [-0.2, 0) is 6.42 Å². The molecular weight excluding hydrogens is 379 g/mol. The van der Waals surface area contributed by atoms with Crippen LogP contribution in [0.1, 0.15) is 22.3 Å². The van der Waals surface area contributed by atoms with E-state index in [1.807, 2.05) is 18.2 Å². The molecule has 2 atom stereocenters. The molecule has 1 amide bonds. The second-order valence-electron chi connectivity index (χ2n) is 7.89. The van der Waals surface area contributed by atoms with Crippen molar-refractivity contribution < 1.29 is 9.18 Å². The van der Waals surface area contributed by atoms with Crippen LogP contribution in [0.15, 0.2) is 67.0 Å². The fourth-order valence-corrected chi connectivity index (χ4v) is 4.00. The predicted octanol–water partition coefficient (Wildman–Crippen LogP) is 3.58. The topological polar surface area (TPSA) is 58.1 Å². The van der Waals surface area contributed by atoms with E-state index in [2.05, 4.69) is 39.4 Å². The molecule has 154 valence electrons. The molecule has 30 heavy (non-hydrogen) atoms. The Morgan fingerprint density at radius 1 is 1.13 bits per heavy atom. The number of nitrogens with one attached hydrogen (secondary N) is 1. The molecule has 1 fully saturated rings. The summed E-state index contributed by atoms with van der Waals surface area (Å²) in [6, 6.07) is 16.6. The molecule has 4 rings (SSSR count). The van der Waals surface area contributed by atoms with Gasteiger partial charge in [0.25, 0.3) is 5.91 Å². The van der Waals surface area contributed by atoms with Gasteiger partial charge in [-0.2, -0.15) is 0 Å². The number of hydrogen-bond donors (Lipinski definition) is 1. The van der Waals surface area contributed by atoms with Gasteiger partial charge in [0.05, 0.1) is 5.56 Å². The summed E-state index contributed by atoms with van der Waals surface area (Å²) in [5.74, 6) is 0.216. The Labute approximate surface area is 176 Å². The maximum atomic E-state index is 13.4. The first kappa shape index (κ1) is 20.2.